The molecule has 108 valence electrons. The topological polar surface area (TPSA) is 6.48 Å². The van der Waals surface area contributed by atoms with Crippen molar-refractivity contribution in [3.63, 3.8) is 0 Å². The molecule has 0 bridgehead atoms. The molecule has 0 fully saturated rings. The Morgan fingerprint density at radius 3 is 1.53 bits per heavy atom. The predicted molar refractivity (Wildman–Crippen MR) is 88.6 cm³/mol. The van der Waals surface area contributed by atoms with Gasteiger partial charge in [-0.15, -0.1) is 0 Å². The summed E-state index contributed by atoms with van der Waals surface area (Å²) >= 11 is 0. The molecule has 0 radical (unpaired) electrons. The average Bonchev–Trinajstić information content (AvgIpc) is 2.48. The Morgan fingerprint density at radius 2 is 1.16 bits per heavy atom. The molecular formula is C16H29N2P. The normalized spacial score (nSPS) is 11.7. The van der Waals surface area contributed by atoms with Gasteiger partial charge in [0.25, 0.3) is 0 Å². The number of nitrogens with zero attached hydrogens (tertiary/aromatic N) is 2. The van der Waals surface area contributed by atoms with Gasteiger partial charge in [-0.3, -0.25) is 9.80 Å². The van der Waals surface area contributed by atoms with Gasteiger partial charge >= 0.3 is 0 Å². The minimum Gasteiger partial charge on any atom is -0.299 e. The van der Waals surface area contributed by atoms with Crippen LogP contribution < -0.4 is 5.30 Å². The first-order valence-corrected chi connectivity index (χ1v) is 9.20. The monoisotopic (exact) mass is 280 g/mol. The van der Waals surface area contributed by atoms with E-state index < -0.39 is 0 Å². The molecular weight excluding hydrogens is 251 g/mol. The van der Waals surface area contributed by atoms with E-state index in [0.29, 0.717) is 0 Å². The van der Waals surface area contributed by atoms with Gasteiger partial charge in [0.15, 0.2) is 0 Å². The summed E-state index contributed by atoms with van der Waals surface area (Å²) in [7, 11) is -0.106. The summed E-state index contributed by atoms with van der Waals surface area (Å²) in [5.41, 5.74) is 0. The molecule has 0 amide bonds. The van der Waals surface area contributed by atoms with Gasteiger partial charge in [0.05, 0.1) is 0 Å². The largest absolute Gasteiger partial charge is 0.299 e. The van der Waals surface area contributed by atoms with Crippen molar-refractivity contribution in [1.82, 2.24) is 9.80 Å². The van der Waals surface area contributed by atoms with E-state index >= 15 is 0 Å². The summed E-state index contributed by atoms with van der Waals surface area (Å²) in [5, 5.41) is 1.54. The number of benzene rings is 1. The standard InChI is InChI=1S/C16H29N2P/c1-5-17(6-2)14-19(15-18(7-3)8-4)16-12-10-9-11-13-16/h9-13H,5-8,14-15H2,1-4H3. The highest BCUT2D eigenvalue weighted by Crippen LogP contribution is 2.35. The van der Waals surface area contributed by atoms with Crippen LogP contribution in [0.2, 0.25) is 0 Å². The first kappa shape index (κ1) is 16.6. The minimum atomic E-state index is -0.106. The molecule has 0 aliphatic carbocycles. The molecule has 1 rings (SSSR count). The van der Waals surface area contributed by atoms with Crippen molar-refractivity contribution in [3.05, 3.63) is 30.3 Å². The molecule has 0 atom stereocenters. The summed E-state index contributed by atoms with van der Waals surface area (Å²) in [6.45, 7) is 13.7. The molecule has 0 unspecified atom stereocenters. The molecule has 1 aromatic rings. The Morgan fingerprint density at radius 1 is 0.737 bits per heavy atom. The van der Waals surface area contributed by atoms with Crippen molar-refractivity contribution in [2.45, 2.75) is 27.7 Å². The van der Waals surface area contributed by atoms with Crippen LogP contribution in [0, 0.1) is 0 Å². The lowest BCUT2D eigenvalue weighted by atomic mass is 10.4. The highest BCUT2D eigenvalue weighted by molar-refractivity contribution is 7.65. The lowest BCUT2D eigenvalue weighted by molar-refractivity contribution is 0.339. The first-order valence-electron chi connectivity index (χ1n) is 7.49. The fourth-order valence-corrected chi connectivity index (χ4v) is 4.95. The molecule has 0 N–H and O–H groups in total. The van der Waals surface area contributed by atoms with Gasteiger partial charge in [-0.25, -0.2) is 0 Å². The van der Waals surface area contributed by atoms with Crippen LogP contribution in [0.5, 0.6) is 0 Å². The summed E-state index contributed by atoms with van der Waals surface area (Å²) in [6, 6.07) is 11.1. The van der Waals surface area contributed by atoms with Crippen molar-refractivity contribution in [2.75, 3.05) is 38.8 Å². The first-order chi connectivity index (χ1) is 9.24. The quantitative estimate of drug-likeness (QED) is 0.640. The van der Waals surface area contributed by atoms with E-state index in [9.17, 15) is 0 Å². The van der Waals surface area contributed by atoms with E-state index in [1.807, 2.05) is 0 Å². The molecule has 0 aliphatic heterocycles. The van der Waals surface area contributed by atoms with Crippen molar-refractivity contribution in [1.29, 1.82) is 0 Å². The minimum absolute atomic E-state index is 0.106. The second-order valence-corrected chi connectivity index (χ2v) is 6.93. The Balaban J connectivity index is 2.78. The molecule has 3 heteroatoms. The lowest BCUT2D eigenvalue weighted by Crippen LogP contribution is -2.31. The number of rotatable bonds is 9. The summed E-state index contributed by atoms with van der Waals surface area (Å²) in [4.78, 5) is 5.12. The fraction of sp³-hybridized carbons (Fsp3) is 0.625. The van der Waals surface area contributed by atoms with Gasteiger partial charge in [0.1, 0.15) is 0 Å². The highest BCUT2D eigenvalue weighted by Gasteiger charge is 2.16. The molecule has 1 aromatic carbocycles. The van der Waals surface area contributed by atoms with Gasteiger partial charge in [0, 0.05) is 12.6 Å². The zero-order valence-corrected chi connectivity index (χ0v) is 13.9. The Hall–Kier alpha value is -0.430. The number of hydrogen-bond donors (Lipinski definition) is 0. The van der Waals surface area contributed by atoms with Crippen LogP contribution in [0.1, 0.15) is 27.7 Å². The van der Waals surface area contributed by atoms with Crippen molar-refractivity contribution in [2.24, 2.45) is 0 Å². The smallest absolute Gasteiger partial charge is 0.0236 e. The third-order valence-corrected chi connectivity index (χ3v) is 6.16. The zero-order chi connectivity index (χ0) is 14.1. The maximum absolute atomic E-state index is 2.56. The third-order valence-electron chi connectivity index (χ3n) is 3.65. The highest BCUT2D eigenvalue weighted by atomic mass is 31.1. The van der Waals surface area contributed by atoms with Crippen LogP contribution in [-0.4, -0.2) is 48.6 Å². The van der Waals surface area contributed by atoms with E-state index in [2.05, 4.69) is 67.8 Å². The molecule has 0 aromatic heterocycles. The lowest BCUT2D eigenvalue weighted by Gasteiger charge is -2.30. The van der Waals surface area contributed by atoms with Gasteiger partial charge in [-0.2, -0.15) is 0 Å². The van der Waals surface area contributed by atoms with Crippen LogP contribution in [0.15, 0.2) is 30.3 Å². The molecule has 0 spiro atoms. The van der Waals surface area contributed by atoms with Crippen LogP contribution in [0.3, 0.4) is 0 Å². The van der Waals surface area contributed by atoms with E-state index in [1.165, 1.54) is 17.9 Å². The molecule has 0 heterocycles. The maximum atomic E-state index is 2.56. The Labute approximate surface area is 120 Å². The van der Waals surface area contributed by atoms with E-state index in [-0.39, 0.29) is 7.92 Å². The molecule has 0 saturated heterocycles. The summed E-state index contributed by atoms with van der Waals surface area (Å²) in [5.74, 6) is 0. The predicted octanol–water partition coefficient (Wildman–Crippen LogP) is 3.39. The van der Waals surface area contributed by atoms with Gasteiger partial charge in [-0.1, -0.05) is 58.0 Å². The van der Waals surface area contributed by atoms with Crippen molar-refractivity contribution < 1.29 is 0 Å². The maximum Gasteiger partial charge on any atom is 0.0236 e. The van der Waals surface area contributed by atoms with Gasteiger partial charge in [-0.05, 0) is 39.4 Å². The zero-order valence-electron chi connectivity index (χ0n) is 13.0. The molecule has 2 nitrogen and oxygen atoms in total. The second-order valence-electron chi connectivity index (χ2n) is 4.76. The fourth-order valence-electron chi connectivity index (χ4n) is 2.18. The van der Waals surface area contributed by atoms with Gasteiger partial charge < -0.3 is 0 Å². The van der Waals surface area contributed by atoms with E-state index in [0.717, 1.165) is 26.2 Å². The molecule has 19 heavy (non-hydrogen) atoms. The summed E-state index contributed by atoms with van der Waals surface area (Å²) < 4.78 is 0. The number of hydrogen-bond acceptors (Lipinski definition) is 2. The Kier molecular flexibility index (Phi) is 8.29. The van der Waals surface area contributed by atoms with Crippen molar-refractivity contribution >= 4 is 13.2 Å². The third kappa shape index (κ3) is 5.60. The SMILES string of the molecule is CCN(CC)CP(CN(CC)CC)c1ccccc1. The molecule has 0 saturated carbocycles. The van der Waals surface area contributed by atoms with Crippen molar-refractivity contribution in [3.8, 4) is 0 Å². The Bertz CT molecular complexity index is 307. The van der Waals surface area contributed by atoms with Crippen LogP contribution in [-0.2, 0) is 0 Å². The van der Waals surface area contributed by atoms with Crippen LogP contribution in [0.25, 0.3) is 0 Å². The molecule has 0 aliphatic rings. The second kappa shape index (κ2) is 9.47. The van der Waals surface area contributed by atoms with Crippen LogP contribution in [0.4, 0.5) is 0 Å². The van der Waals surface area contributed by atoms with E-state index in [4.69, 9.17) is 0 Å². The average molecular weight is 280 g/mol. The summed E-state index contributed by atoms with van der Waals surface area (Å²) in [6.07, 6.45) is 2.45. The van der Waals surface area contributed by atoms with E-state index in [1.54, 1.807) is 0 Å². The van der Waals surface area contributed by atoms with Gasteiger partial charge in [0.2, 0.25) is 0 Å². The van der Waals surface area contributed by atoms with Crippen LogP contribution >= 0.6 is 7.92 Å².